The van der Waals surface area contributed by atoms with Gasteiger partial charge in [0.05, 0.1) is 10.8 Å². The number of hydrogen-bond acceptors (Lipinski definition) is 2. The summed E-state index contributed by atoms with van der Waals surface area (Å²) in [6, 6.07) is 15.0. The van der Waals surface area contributed by atoms with Crippen LogP contribution in [0.4, 0.5) is 0 Å². The lowest BCUT2D eigenvalue weighted by Crippen LogP contribution is -2.02. The standard InChI is InChI=1S/C14H10BrClOS/c15-10-5-7-11(8-6-10)18-9-14(17)12-3-1-2-4-13(12)16/h1-8H,9H2. The van der Waals surface area contributed by atoms with Gasteiger partial charge in [-0.25, -0.2) is 0 Å². The molecule has 0 radical (unpaired) electrons. The van der Waals surface area contributed by atoms with Gasteiger partial charge in [-0.2, -0.15) is 0 Å². The number of carbonyl (C=O) groups is 1. The summed E-state index contributed by atoms with van der Waals surface area (Å²) in [5.74, 6) is 0.444. The number of ketones is 1. The molecule has 0 saturated carbocycles. The van der Waals surface area contributed by atoms with E-state index in [1.165, 1.54) is 11.8 Å². The first-order valence-electron chi connectivity index (χ1n) is 5.33. The zero-order chi connectivity index (χ0) is 13.0. The van der Waals surface area contributed by atoms with Gasteiger partial charge in [-0.05, 0) is 36.4 Å². The minimum atomic E-state index is 0.0496. The second-order valence-corrected chi connectivity index (χ2v) is 6.02. The molecular formula is C14H10BrClOS. The SMILES string of the molecule is O=C(CSc1ccc(Br)cc1)c1ccccc1Cl. The van der Waals surface area contributed by atoms with Gasteiger partial charge < -0.3 is 0 Å². The van der Waals surface area contributed by atoms with E-state index < -0.39 is 0 Å². The van der Waals surface area contributed by atoms with E-state index in [1.54, 1.807) is 12.1 Å². The summed E-state index contributed by atoms with van der Waals surface area (Å²) in [4.78, 5) is 13.1. The van der Waals surface area contributed by atoms with Gasteiger partial charge in [0.1, 0.15) is 0 Å². The molecule has 18 heavy (non-hydrogen) atoms. The molecule has 2 aromatic carbocycles. The van der Waals surface area contributed by atoms with E-state index in [1.807, 2.05) is 36.4 Å². The van der Waals surface area contributed by atoms with Gasteiger partial charge in [-0.3, -0.25) is 4.79 Å². The molecule has 0 N–H and O–H groups in total. The Morgan fingerprint density at radius 2 is 1.78 bits per heavy atom. The second kappa shape index (κ2) is 6.41. The molecule has 0 amide bonds. The first-order chi connectivity index (χ1) is 8.66. The molecule has 0 bridgehead atoms. The van der Waals surface area contributed by atoms with Crippen LogP contribution in [-0.2, 0) is 0 Å². The van der Waals surface area contributed by atoms with E-state index >= 15 is 0 Å². The second-order valence-electron chi connectivity index (χ2n) is 3.65. The molecule has 0 heterocycles. The van der Waals surface area contributed by atoms with E-state index in [-0.39, 0.29) is 5.78 Å². The smallest absolute Gasteiger partial charge is 0.174 e. The highest BCUT2D eigenvalue weighted by atomic mass is 79.9. The Morgan fingerprint density at radius 3 is 2.44 bits per heavy atom. The van der Waals surface area contributed by atoms with Crippen molar-refractivity contribution in [2.45, 2.75) is 4.90 Å². The third kappa shape index (κ3) is 3.61. The van der Waals surface area contributed by atoms with Crippen molar-refractivity contribution in [3.05, 3.63) is 63.6 Å². The molecule has 4 heteroatoms. The quantitative estimate of drug-likeness (QED) is 0.570. The molecule has 92 valence electrons. The number of halogens is 2. The predicted octanol–water partition coefficient (Wildman–Crippen LogP) is 5.08. The maximum atomic E-state index is 12.0. The summed E-state index contributed by atoms with van der Waals surface area (Å²) in [5, 5.41) is 0.513. The third-order valence-corrected chi connectivity index (χ3v) is 4.23. The highest BCUT2D eigenvalue weighted by Gasteiger charge is 2.09. The summed E-state index contributed by atoms with van der Waals surface area (Å²) >= 11 is 10.9. The number of Topliss-reactive ketones (excluding diaryl/α,β-unsaturated/α-hetero) is 1. The number of thioether (sulfide) groups is 1. The van der Waals surface area contributed by atoms with Gasteiger partial charge in [-0.15, -0.1) is 11.8 Å². The molecule has 0 aliphatic rings. The molecule has 0 spiro atoms. The molecule has 2 aromatic rings. The van der Waals surface area contributed by atoms with Crippen LogP contribution in [0.25, 0.3) is 0 Å². The van der Waals surface area contributed by atoms with Crippen LogP contribution in [0.15, 0.2) is 57.9 Å². The fraction of sp³-hybridized carbons (Fsp3) is 0.0714. The van der Waals surface area contributed by atoms with E-state index in [0.29, 0.717) is 16.3 Å². The summed E-state index contributed by atoms with van der Waals surface area (Å²) in [7, 11) is 0. The average molecular weight is 342 g/mol. The van der Waals surface area contributed by atoms with Gasteiger partial charge in [0.25, 0.3) is 0 Å². The molecule has 1 nitrogen and oxygen atoms in total. The molecule has 0 fully saturated rings. The van der Waals surface area contributed by atoms with Crippen LogP contribution in [0.3, 0.4) is 0 Å². The number of carbonyl (C=O) groups excluding carboxylic acids is 1. The van der Waals surface area contributed by atoms with Gasteiger partial charge in [0.15, 0.2) is 5.78 Å². The van der Waals surface area contributed by atoms with Crippen LogP contribution in [0.1, 0.15) is 10.4 Å². The molecule has 2 rings (SSSR count). The maximum Gasteiger partial charge on any atom is 0.174 e. The van der Waals surface area contributed by atoms with Crippen LogP contribution in [0.2, 0.25) is 5.02 Å². The van der Waals surface area contributed by atoms with Crippen molar-refractivity contribution in [1.82, 2.24) is 0 Å². The fourth-order valence-corrected chi connectivity index (χ4v) is 2.73. The van der Waals surface area contributed by atoms with Crippen molar-refractivity contribution in [1.29, 1.82) is 0 Å². The van der Waals surface area contributed by atoms with E-state index in [0.717, 1.165) is 9.37 Å². The van der Waals surface area contributed by atoms with Gasteiger partial charge in [-0.1, -0.05) is 39.7 Å². The fourth-order valence-electron chi connectivity index (χ4n) is 1.44. The van der Waals surface area contributed by atoms with Crippen molar-refractivity contribution in [2.75, 3.05) is 5.75 Å². The Balaban J connectivity index is 2.01. The van der Waals surface area contributed by atoms with Crippen LogP contribution in [0.5, 0.6) is 0 Å². The van der Waals surface area contributed by atoms with E-state index in [9.17, 15) is 4.79 Å². The topological polar surface area (TPSA) is 17.1 Å². The first-order valence-corrected chi connectivity index (χ1v) is 7.48. The van der Waals surface area contributed by atoms with Crippen molar-refractivity contribution in [3.8, 4) is 0 Å². The van der Waals surface area contributed by atoms with Gasteiger partial charge in [0.2, 0.25) is 0 Å². The molecule has 0 aromatic heterocycles. The number of benzene rings is 2. The van der Waals surface area contributed by atoms with Crippen LogP contribution >= 0.6 is 39.3 Å². The van der Waals surface area contributed by atoms with Gasteiger partial charge in [0, 0.05) is 14.9 Å². The Hall–Kier alpha value is -0.770. The van der Waals surface area contributed by atoms with Gasteiger partial charge >= 0.3 is 0 Å². The molecule has 0 unspecified atom stereocenters. The number of rotatable bonds is 4. The van der Waals surface area contributed by atoms with E-state index in [2.05, 4.69) is 15.9 Å². The zero-order valence-corrected chi connectivity index (χ0v) is 12.6. The lowest BCUT2D eigenvalue weighted by molar-refractivity contribution is 0.102. The molecular weight excluding hydrogens is 332 g/mol. The zero-order valence-electron chi connectivity index (χ0n) is 9.40. The maximum absolute atomic E-state index is 12.0. The normalized spacial score (nSPS) is 10.3. The van der Waals surface area contributed by atoms with Crippen molar-refractivity contribution >= 4 is 45.1 Å². The van der Waals surface area contributed by atoms with Crippen LogP contribution < -0.4 is 0 Å². The lowest BCUT2D eigenvalue weighted by atomic mass is 10.1. The number of hydrogen-bond donors (Lipinski definition) is 0. The molecule has 0 aliphatic heterocycles. The lowest BCUT2D eigenvalue weighted by Gasteiger charge is -2.03. The Bertz CT molecular complexity index is 554. The summed E-state index contributed by atoms with van der Waals surface area (Å²) < 4.78 is 1.03. The largest absolute Gasteiger partial charge is 0.293 e. The van der Waals surface area contributed by atoms with Crippen LogP contribution in [-0.4, -0.2) is 11.5 Å². The first kappa shape index (κ1) is 13.7. The molecule has 0 aliphatic carbocycles. The minimum Gasteiger partial charge on any atom is -0.293 e. The Labute approximate surface area is 124 Å². The summed E-state index contributed by atoms with van der Waals surface area (Å²) in [6.07, 6.45) is 0. The third-order valence-electron chi connectivity index (χ3n) is 2.36. The van der Waals surface area contributed by atoms with E-state index in [4.69, 9.17) is 11.6 Å². The Kier molecular flexibility index (Phi) is 4.87. The highest BCUT2D eigenvalue weighted by Crippen LogP contribution is 2.23. The molecule has 0 atom stereocenters. The van der Waals surface area contributed by atoms with Crippen LogP contribution in [0, 0.1) is 0 Å². The summed E-state index contributed by atoms with van der Waals surface area (Å²) in [6.45, 7) is 0. The average Bonchev–Trinajstić information content (AvgIpc) is 2.38. The predicted molar refractivity (Wildman–Crippen MR) is 80.6 cm³/mol. The Morgan fingerprint density at radius 1 is 1.11 bits per heavy atom. The monoisotopic (exact) mass is 340 g/mol. The van der Waals surface area contributed by atoms with Crippen molar-refractivity contribution in [2.24, 2.45) is 0 Å². The van der Waals surface area contributed by atoms with Crippen molar-refractivity contribution < 1.29 is 4.79 Å². The highest BCUT2D eigenvalue weighted by molar-refractivity contribution is 9.10. The molecule has 0 saturated heterocycles. The van der Waals surface area contributed by atoms with Crippen molar-refractivity contribution in [3.63, 3.8) is 0 Å². The summed E-state index contributed by atoms with van der Waals surface area (Å²) in [5.41, 5.74) is 0.587. The minimum absolute atomic E-state index is 0.0496.